The molecule has 0 bridgehead atoms. The van der Waals surface area contributed by atoms with Gasteiger partial charge in [0, 0.05) is 11.3 Å². The molecule has 28 heavy (non-hydrogen) atoms. The second-order valence-corrected chi connectivity index (χ2v) is 8.77. The van der Waals surface area contributed by atoms with E-state index in [0.717, 1.165) is 52.9 Å². The third-order valence-corrected chi connectivity index (χ3v) is 5.96. The van der Waals surface area contributed by atoms with Crippen molar-refractivity contribution in [1.29, 1.82) is 0 Å². The third-order valence-electron chi connectivity index (χ3n) is 5.96. The van der Waals surface area contributed by atoms with E-state index in [0.29, 0.717) is 11.6 Å². The number of hydrogen-bond acceptors (Lipinski definition) is 3. The second kappa shape index (κ2) is 6.66. The van der Waals surface area contributed by atoms with Crippen molar-refractivity contribution in [2.75, 3.05) is 7.11 Å². The molecule has 0 saturated heterocycles. The molecule has 3 N–H and O–H groups in total. The molecule has 2 aromatic heterocycles. The van der Waals surface area contributed by atoms with Crippen LogP contribution in [0.1, 0.15) is 48.9 Å². The number of carbonyl (C=O) groups is 1. The van der Waals surface area contributed by atoms with E-state index in [1.807, 2.05) is 24.3 Å². The van der Waals surface area contributed by atoms with Gasteiger partial charge in [-0.2, -0.15) is 0 Å². The van der Waals surface area contributed by atoms with E-state index >= 15 is 0 Å². The fourth-order valence-electron chi connectivity index (χ4n) is 4.25. The normalized spacial score (nSPS) is 16.8. The smallest absolute Gasteiger partial charge is 0.265 e. The summed E-state index contributed by atoms with van der Waals surface area (Å²) in [5.41, 5.74) is 12.0. The average Bonchev–Trinajstić information content (AvgIpc) is 3.03. The van der Waals surface area contributed by atoms with Crippen LogP contribution in [0.5, 0.6) is 5.75 Å². The minimum absolute atomic E-state index is 0.270. The maximum atomic E-state index is 12.2. The van der Waals surface area contributed by atoms with Crippen molar-refractivity contribution in [1.82, 2.24) is 9.97 Å². The van der Waals surface area contributed by atoms with Crippen LogP contribution in [0.15, 0.2) is 30.3 Å². The average molecular weight is 377 g/mol. The Morgan fingerprint density at radius 2 is 2.07 bits per heavy atom. The fourth-order valence-corrected chi connectivity index (χ4v) is 4.25. The van der Waals surface area contributed by atoms with Gasteiger partial charge >= 0.3 is 0 Å². The van der Waals surface area contributed by atoms with Crippen molar-refractivity contribution in [3.63, 3.8) is 0 Å². The summed E-state index contributed by atoms with van der Waals surface area (Å²) < 4.78 is 5.35. The Bertz CT molecular complexity index is 1060. The standard InChI is InChI=1S/C23H27N3O2/c1-23(2,3)15-8-9-17-14(10-15)12-18-20(25-17)19(21(26-18)22(24)27)13-6-5-7-16(11-13)28-4/h5-7,11-12,15,26H,8-10H2,1-4H3,(H2,24,27). The van der Waals surface area contributed by atoms with Crippen LogP contribution in [-0.2, 0) is 12.8 Å². The lowest BCUT2D eigenvalue weighted by atomic mass is 9.71. The number of nitrogens with one attached hydrogen (secondary N) is 1. The van der Waals surface area contributed by atoms with Gasteiger partial charge in [-0.25, -0.2) is 0 Å². The minimum Gasteiger partial charge on any atom is -0.497 e. The summed E-state index contributed by atoms with van der Waals surface area (Å²) in [6.45, 7) is 6.90. The number of methoxy groups -OCH3 is 1. The Kier molecular flexibility index (Phi) is 4.41. The van der Waals surface area contributed by atoms with E-state index in [1.54, 1.807) is 7.11 Å². The van der Waals surface area contributed by atoms with E-state index in [1.165, 1.54) is 5.56 Å². The number of carbonyl (C=O) groups excluding carboxylic acids is 1. The molecule has 1 unspecified atom stereocenters. The number of nitrogens with zero attached hydrogens (tertiary/aromatic N) is 1. The van der Waals surface area contributed by atoms with Crippen molar-refractivity contribution >= 4 is 16.9 Å². The summed E-state index contributed by atoms with van der Waals surface area (Å²) in [4.78, 5) is 20.4. The summed E-state index contributed by atoms with van der Waals surface area (Å²) >= 11 is 0. The van der Waals surface area contributed by atoms with E-state index in [4.69, 9.17) is 15.5 Å². The van der Waals surface area contributed by atoms with Gasteiger partial charge in [0.25, 0.3) is 5.91 Å². The SMILES string of the molecule is COc1cccc(-c2c(C(N)=O)[nH]c3cc4c(nc23)CCC(C(C)(C)C)C4)c1. The van der Waals surface area contributed by atoms with Gasteiger partial charge in [0.2, 0.25) is 0 Å². The summed E-state index contributed by atoms with van der Waals surface area (Å²) in [6, 6.07) is 9.81. The van der Waals surface area contributed by atoms with Crippen molar-refractivity contribution in [2.24, 2.45) is 17.1 Å². The van der Waals surface area contributed by atoms with Crippen LogP contribution in [0.2, 0.25) is 0 Å². The number of H-pyrrole nitrogens is 1. The first-order valence-corrected chi connectivity index (χ1v) is 9.76. The molecule has 0 saturated carbocycles. The van der Waals surface area contributed by atoms with Crippen LogP contribution in [0, 0.1) is 11.3 Å². The molecule has 5 nitrogen and oxygen atoms in total. The van der Waals surface area contributed by atoms with Crippen molar-refractivity contribution in [3.8, 4) is 16.9 Å². The molecule has 3 aromatic rings. The lowest BCUT2D eigenvalue weighted by Crippen LogP contribution is -2.27. The van der Waals surface area contributed by atoms with Gasteiger partial charge in [-0.15, -0.1) is 0 Å². The van der Waals surface area contributed by atoms with Crippen LogP contribution in [-0.4, -0.2) is 23.0 Å². The highest BCUT2D eigenvalue weighted by Crippen LogP contribution is 2.39. The van der Waals surface area contributed by atoms with Crippen LogP contribution in [0.4, 0.5) is 0 Å². The molecule has 1 atom stereocenters. The second-order valence-electron chi connectivity index (χ2n) is 8.77. The van der Waals surface area contributed by atoms with Crippen LogP contribution in [0.3, 0.4) is 0 Å². The Morgan fingerprint density at radius 3 is 2.75 bits per heavy atom. The molecular weight excluding hydrogens is 350 g/mol. The molecule has 1 aliphatic carbocycles. The molecule has 4 rings (SSSR count). The zero-order chi connectivity index (χ0) is 20.1. The molecule has 0 fully saturated rings. The zero-order valence-electron chi connectivity index (χ0n) is 16.9. The number of fused-ring (bicyclic) bond motifs is 2. The van der Waals surface area contributed by atoms with Gasteiger partial charge < -0.3 is 15.5 Å². The highest BCUT2D eigenvalue weighted by molar-refractivity contribution is 6.08. The molecule has 146 valence electrons. The largest absolute Gasteiger partial charge is 0.497 e. The topological polar surface area (TPSA) is 81.0 Å². The number of aromatic nitrogens is 2. The number of rotatable bonds is 3. The van der Waals surface area contributed by atoms with Gasteiger partial charge in [0.05, 0.1) is 18.1 Å². The van der Waals surface area contributed by atoms with Crippen LogP contribution < -0.4 is 10.5 Å². The van der Waals surface area contributed by atoms with Gasteiger partial charge in [-0.1, -0.05) is 32.9 Å². The lowest BCUT2D eigenvalue weighted by Gasteiger charge is -2.34. The molecule has 5 heteroatoms. The number of aromatic amines is 1. The predicted molar refractivity (Wildman–Crippen MR) is 112 cm³/mol. The summed E-state index contributed by atoms with van der Waals surface area (Å²) in [5, 5.41) is 0. The van der Waals surface area contributed by atoms with E-state index < -0.39 is 5.91 Å². The Balaban J connectivity index is 1.89. The van der Waals surface area contributed by atoms with Crippen LogP contribution in [0.25, 0.3) is 22.2 Å². The zero-order valence-corrected chi connectivity index (χ0v) is 16.9. The van der Waals surface area contributed by atoms with Gasteiger partial charge in [0.1, 0.15) is 11.4 Å². The van der Waals surface area contributed by atoms with Crippen molar-refractivity contribution in [2.45, 2.75) is 40.0 Å². The maximum absolute atomic E-state index is 12.2. The maximum Gasteiger partial charge on any atom is 0.265 e. The Morgan fingerprint density at radius 1 is 1.29 bits per heavy atom. The van der Waals surface area contributed by atoms with E-state index in [2.05, 4.69) is 31.8 Å². The monoisotopic (exact) mass is 377 g/mol. The molecule has 0 aliphatic heterocycles. The first-order chi connectivity index (χ1) is 13.3. The quantitative estimate of drug-likeness (QED) is 0.706. The highest BCUT2D eigenvalue weighted by atomic mass is 16.5. The minimum atomic E-state index is -0.485. The lowest BCUT2D eigenvalue weighted by molar-refractivity contribution is 0.0997. The van der Waals surface area contributed by atoms with Gasteiger partial charge in [-0.3, -0.25) is 9.78 Å². The summed E-state index contributed by atoms with van der Waals surface area (Å²) in [7, 11) is 1.63. The molecule has 0 spiro atoms. The number of pyridine rings is 1. The number of ether oxygens (including phenoxy) is 1. The number of primary amides is 1. The fraction of sp³-hybridized carbons (Fsp3) is 0.391. The molecule has 0 radical (unpaired) electrons. The Labute approximate surface area is 165 Å². The summed E-state index contributed by atoms with van der Waals surface area (Å²) in [6.07, 6.45) is 3.11. The molecular formula is C23H27N3O2. The first kappa shape index (κ1) is 18.5. The van der Waals surface area contributed by atoms with Gasteiger partial charge in [-0.05, 0) is 59.9 Å². The van der Waals surface area contributed by atoms with Crippen molar-refractivity contribution < 1.29 is 9.53 Å². The summed E-state index contributed by atoms with van der Waals surface area (Å²) in [5.74, 6) is 0.872. The van der Waals surface area contributed by atoms with E-state index in [-0.39, 0.29) is 5.41 Å². The molecule has 1 aliphatic rings. The van der Waals surface area contributed by atoms with Crippen molar-refractivity contribution in [3.05, 3.63) is 47.3 Å². The molecule has 2 heterocycles. The van der Waals surface area contributed by atoms with Crippen LogP contribution >= 0.6 is 0 Å². The van der Waals surface area contributed by atoms with E-state index in [9.17, 15) is 4.79 Å². The molecule has 1 amide bonds. The molecule has 1 aromatic carbocycles. The third kappa shape index (κ3) is 3.15. The van der Waals surface area contributed by atoms with Gasteiger partial charge in [0.15, 0.2) is 0 Å². The highest BCUT2D eigenvalue weighted by Gasteiger charge is 2.30. The number of benzene rings is 1. The Hall–Kier alpha value is -2.82. The number of amides is 1. The number of hydrogen-bond donors (Lipinski definition) is 2. The number of aryl methyl sites for hydroxylation is 1. The number of nitrogens with two attached hydrogens (primary N) is 1. The first-order valence-electron chi connectivity index (χ1n) is 9.76. The predicted octanol–water partition coefficient (Wildman–Crippen LogP) is 4.49.